The predicted octanol–water partition coefficient (Wildman–Crippen LogP) is 5.58. The molecule has 4 aromatic carbocycles. The van der Waals surface area contributed by atoms with Crippen LogP contribution in [0.2, 0.25) is 10.1 Å². The van der Waals surface area contributed by atoms with E-state index >= 15 is 0 Å². The molecule has 0 heterocycles. The minimum Gasteiger partial charge on any atom is -0.509 e. The maximum Gasteiger partial charge on any atom is 0.323 e. The first kappa shape index (κ1) is 30.2. The molecule has 0 aliphatic carbocycles. The number of rotatable bonds is 8. The van der Waals surface area contributed by atoms with Crippen LogP contribution >= 0.6 is 0 Å². The molecule has 6 heteroatoms. The molecule has 0 spiro atoms. The van der Waals surface area contributed by atoms with Crippen LogP contribution in [0.5, 0.6) is 0 Å². The average Bonchev–Trinajstić information content (AvgIpc) is 2.95. The van der Waals surface area contributed by atoms with Gasteiger partial charge in [-0.1, -0.05) is 163 Å². The van der Waals surface area contributed by atoms with Crippen molar-refractivity contribution in [3.05, 3.63) is 121 Å². The highest BCUT2D eigenvalue weighted by molar-refractivity contribution is 7.01. The lowest BCUT2D eigenvalue weighted by Gasteiger charge is -2.43. The molecule has 0 aliphatic heterocycles. The van der Waals surface area contributed by atoms with Crippen LogP contribution in [0.4, 0.5) is 0 Å². The zero-order valence-electron chi connectivity index (χ0n) is 24.9. The molecule has 0 bridgehead atoms. The van der Waals surface area contributed by atoms with Crippen molar-refractivity contribution < 1.29 is 18.4 Å². The zero-order chi connectivity index (χ0) is 29.7. The highest BCUT2D eigenvalue weighted by Gasteiger charge is 2.55. The third-order valence-electron chi connectivity index (χ3n) is 7.66. The molecule has 0 unspecified atom stereocenters. The fraction of sp³-hybridized carbons (Fsp3) is 0.257. The van der Waals surface area contributed by atoms with Gasteiger partial charge in [-0.2, -0.15) is 0 Å². The van der Waals surface area contributed by atoms with Crippen molar-refractivity contribution in [1.82, 2.24) is 0 Å². The highest BCUT2D eigenvalue weighted by atomic mass is 28.4. The van der Waals surface area contributed by atoms with E-state index in [4.69, 9.17) is 8.85 Å². The quantitative estimate of drug-likeness (QED) is 0.202. The Morgan fingerprint density at radius 3 is 0.878 bits per heavy atom. The first-order valence-corrected chi connectivity index (χ1v) is 17.9. The Morgan fingerprint density at radius 1 is 0.463 bits per heavy atom. The first-order valence-electron chi connectivity index (χ1n) is 14.1. The van der Waals surface area contributed by atoms with Crippen LogP contribution in [-0.4, -0.2) is 28.6 Å². The van der Waals surface area contributed by atoms with Gasteiger partial charge < -0.3 is 8.85 Å². The van der Waals surface area contributed by atoms with Gasteiger partial charge in [-0.15, -0.1) is 0 Å². The average molecular weight is 581 g/mol. The van der Waals surface area contributed by atoms with E-state index in [9.17, 15) is 9.59 Å². The largest absolute Gasteiger partial charge is 0.509 e. The monoisotopic (exact) mass is 580 g/mol. The van der Waals surface area contributed by atoms with Crippen LogP contribution in [0.25, 0.3) is 0 Å². The molecular formula is C35H40O4Si2. The minimum absolute atomic E-state index is 0.396. The Bertz CT molecular complexity index is 1250. The summed E-state index contributed by atoms with van der Waals surface area (Å²) in [5.41, 5.74) is 0. The number of carbonyl (C=O) groups excluding carboxylic acids is 2. The highest BCUT2D eigenvalue weighted by Crippen LogP contribution is 2.38. The number of hydrogen-bond acceptors (Lipinski definition) is 4. The third kappa shape index (κ3) is 5.99. The van der Waals surface area contributed by atoms with Crippen LogP contribution < -0.4 is 20.7 Å². The smallest absolute Gasteiger partial charge is 0.323 e. The summed E-state index contributed by atoms with van der Waals surface area (Å²) in [5, 5.41) is 3.13. The predicted molar refractivity (Wildman–Crippen MR) is 172 cm³/mol. The van der Waals surface area contributed by atoms with Gasteiger partial charge in [-0.25, -0.2) is 0 Å². The van der Waals surface area contributed by atoms with Crippen molar-refractivity contribution >= 4 is 49.3 Å². The second kappa shape index (κ2) is 12.0. The summed E-state index contributed by atoms with van der Waals surface area (Å²) in [6.07, 6.45) is -0.463. The lowest BCUT2D eigenvalue weighted by Crippen LogP contribution is -2.68. The maximum atomic E-state index is 13.8. The molecule has 0 saturated heterocycles. The van der Waals surface area contributed by atoms with Crippen LogP contribution in [-0.2, 0) is 18.4 Å². The fourth-order valence-corrected chi connectivity index (χ4v) is 14.5. The van der Waals surface area contributed by atoms with Crippen molar-refractivity contribution in [1.29, 1.82) is 0 Å². The van der Waals surface area contributed by atoms with Crippen molar-refractivity contribution in [3.8, 4) is 0 Å². The Balaban J connectivity index is 1.73. The lowest BCUT2D eigenvalue weighted by molar-refractivity contribution is -0.145. The Kier molecular flexibility index (Phi) is 8.85. The van der Waals surface area contributed by atoms with E-state index in [1.54, 1.807) is 0 Å². The van der Waals surface area contributed by atoms with Crippen LogP contribution in [0.3, 0.4) is 0 Å². The van der Waals surface area contributed by atoms with Gasteiger partial charge in [0.25, 0.3) is 0 Å². The molecule has 4 aromatic rings. The van der Waals surface area contributed by atoms with E-state index in [0.717, 1.165) is 20.7 Å². The summed E-state index contributed by atoms with van der Waals surface area (Å²) in [6.45, 7) is 12.6. The summed E-state index contributed by atoms with van der Waals surface area (Å²) in [6, 6.07) is 39.8. The molecule has 41 heavy (non-hydrogen) atoms. The SMILES string of the molecule is CC(C)(C)[Si](OC(=O)CC(=O)O[Si](c1ccccc1)(c1ccccc1)C(C)(C)C)(c1ccccc1)c1ccccc1. The minimum atomic E-state index is -3.15. The van der Waals surface area contributed by atoms with Gasteiger partial charge in [0.05, 0.1) is 0 Å². The van der Waals surface area contributed by atoms with E-state index in [1.807, 2.05) is 121 Å². The van der Waals surface area contributed by atoms with Gasteiger partial charge in [-0.3, -0.25) is 9.59 Å². The second-order valence-corrected chi connectivity index (χ2v) is 20.9. The standard InChI is InChI=1S/C35H40O4Si2/c1-34(2,3)40(28-19-11-7-12-20-28,29-21-13-8-14-22-29)38-32(36)27-33(37)39-41(35(4,5)6,30-23-15-9-16-24-30)31-25-17-10-18-26-31/h7-26H,27H2,1-6H3. The molecule has 4 nitrogen and oxygen atoms in total. The van der Waals surface area contributed by atoms with Crippen molar-refractivity contribution in [2.24, 2.45) is 0 Å². The van der Waals surface area contributed by atoms with E-state index in [0.29, 0.717) is 0 Å². The van der Waals surface area contributed by atoms with Gasteiger partial charge in [-0.05, 0) is 30.8 Å². The van der Waals surface area contributed by atoms with E-state index < -0.39 is 45.1 Å². The Morgan fingerprint density at radius 2 is 0.683 bits per heavy atom. The maximum absolute atomic E-state index is 13.8. The second-order valence-electron chi connectivity index (χ2n) is 12.5. The molecule has 0 atom stereocenters. The van der Waals surface area contributed by atoms with Gasteiger partial charge in [0.15, 0.2) is 0 Å². The number of carbonyl (C=O) groups is 2. The van der Waals surface area contributed by atoms with Gasteiger partial charge in [0.1, 0.15) is 6.42 Å². The molecule has 0 aromatic heterocycles. The zero-order valence-corrected chi connectivity index (χ0v) is 26.9. The molecular weight excluding hydrogens is 541 g/mol. The van der Waals surface area contributed by atoms with Crippen molar-refractivity contribution in [2.75, 3.05) is 0 Å². The van der Waals surface area contributed by atoms with Gasteiger partial charge in [0, 0.05) is 0 Å². The lowest BCUT2D eigenvalue weighted by atomic mass is 10.2. The van der Waals surface area contributed by atoms with E-state index in [2.05, 4.69) is 41.5 Å². The summed E-state index contributed by atoms with van der Waals surface area (Å²) in [7, 11) is -6.30. The molecule has 212 valence electrons. The molecule has 0 saturated carbocycles. The molecule has 0 amide bonds. The summed E-state index contributed by atoms with van der Waals surface area (Å²) >= 11 is 0. The molecule has 0 fully saturated rings. The van der Waals surface area contributed by atoms with Crippen LogP contribution in [0, 0.1) is 0 Å². The summed E-state index contributed by atoms with van der Waals surface area (Å²) in [5.74, 6) is -1.13. The van der Waals surface area contributed by atoms with Gasteiger partial charge >= 0.3 is 28.6 Å². The van der Waals surface area contributed by atoms with Crippen LogP contribution in [0.1, 0.15) is 48.0 Å². The van der Waals surface area contributed by atoms with E-state index in [1.165, 1.54) is 0 Å². The molecule has 0 radical (unpaired) electrons. The molecule has 0 aliphatic rings. The van der Waals surface area contributed by atoms with Gasteiger partial charge in [0.2, 0.25) is 0 Å². The third-order valence-corrected chi connectivity index (χ3v) is 17.5. The Hall–Kier alpha value is -3.75. The normalized spacial score (nSPS) is 12.4. The first-order chi connectivity index (χ1) is 19.4. The summed E-state index contributed by atoms with van der Waals surface area (Å²) in [4.78, 5) is 27.6. The van der Waals surface area contributed by atoms with E-state index in [-0.39, 0.29) is 0 Å². The molecule has 4 rings (SSSR count). The Labute approximate surface area is 246 Å². The van der Waals surface area contributed by atoms with Crippen molar-refractivity contribution in [3.63, 3.8) is 0 Å². The molecule has 0 N–H and O–H groups in total. The fourth-order valence-electron chi connectivity index (χ4n) is 5.83. The van der Waals surface area contributed by atoms with Crippen LogP contribution in [0.15, 0.2) is 121 Å². The summed E-state index contributed by atoms with van der Waals surface area (Å²) < 4.78 is 13.1. The van der Waals surface area contributed by atoms with Crippen molar-refractivity contribution in [2.45, 2.75) is 58.0 Å². The topological polar surface area (TPSA) is 52.6 Å². The number of benzene rings is 4. The number of hydrogen-bond donors (Lipinski definition) is 0.